The maximum Gasteiger partial charge on any atom is 0.143 e. The third-order valence-corrected chi connectivity index (χ3v) is 8.28. The molecule has 2 nitrogen and oxygen atoms in total. The van der Waals surface area contributed by atoms with E-state index in [0.29, 0.717) is 5.02 Å². The van der Waals surface area contributed by atoms with Gasteiger partial charge in [0.05, 0.1) is 0 Å². The topological polar surface area (TPSA) is 33.4 Å². The van der Waals surface area contributed by atoms with E-state index in [1.165, 1.54) is 0 Å². The molecule has 0 radical (unpaired) electrons. The van der Waals surface area contributed by atoms with Crippen molar-refractivity contribution in [3.8, 4) is 11.1 Å². The summed E-state index contributed by atoms with van der Waals surface area (Å²) in [6.45, 7) is 4.45. The van der Waals surface area contributed by atoms with E-state index in [1.807, 2.05) is 84.9 Å². The maximum absolute atomic E-state index is 13.0. The molecule has 5 aromatic carbocycles. The van der Waals surface area contributed by atoms with Gasteiger partial charge in [-0.05, 0) is 46.0 Å². The van der Waals surface area contributed by atoms with E-state index >= 15 is 0 Å². The van der Waals surface area contributed by atoms with Crippen molar-refractivity contribution >= 4 is 33.5 Å². The van der Waals surface area contributed by atoms with Gasteiger partial charge in [0.15, 0.2) is 0 Å². The van der Waals surface area contributed by atoms with E-state index < -0.39 is 5.60 Å². The predicted octanol–water partition coefficient (Wildman–Crippen LogP) is 8.83. The molecule has 3 heteroatoms. The third kappa shape index (κ3) is 3.03. The number of fused-ring (bicyclic) bond motifs is 5. The van der Waals surface area contributed by atoms with Crippen LogP contribution in [-0.2, 0) is 11.0 Å². The minimum atomic E-state index is -1.38. The van der Waals surface area contributed by atoms with Crippen LogP contribution < -0.4 is 0 Å². The van der Waals surface area contributed by atoms with E-state index in [2.05, 4.69) is 38.1 Å². The van der Waals surface area contributed by atoms with Crippen molar-refractivity contribution in [2.24, 2.45) is 0 Å². The van der Waals surface area contributed by atoms with Crippen molar-refractivity contribution in [3.63, 3.8) is 0 Å². The van der Waals surface area contributed by atoms with Crippen LogP contribution >= 0.6 is 11.6 Å². The molecular weight excluding hydrogens is 476 g/mol. The van der Waals surface area contributed by atoms with E-state index in [-0.39, 0.29) is 5.41 Å². The molecule has 37 heavy (non-hydrogen) atoms. The zero-order chi connectivity index (χ0) is 25.4. The fourth-order valence-corrected chi connectivity index (χ4v) is 6.45. The highest BCUT2D eigenvalue weighted by molar-refractivity contribution is 6.31. The Balaban J connectivity index is 1.59. The minimum Gasteiger partial charge on any atom is -0.455 e. The lowest BCUT2D eigenvalue weighted by molar-refractivity contribution is 0.117. The third-order valence-electron chi connectivity index (χ3n) is 8.05. The van der Waals surface area contributed by atoms with Crippen molar-refractivity contribution in [2.75, 3.05) is 0 Å². The van der Waals surface area contributed by atoms with Crippen molar-refractivity contribution in [1.82, 2.24) is 0 Å². The van der Waals surface area contributed by atoms with Crippen molar-refractivity contribution in [3.05, 3.63) is 142 Å². The average molecular weight is 501 g/mol. The molecule has 0 aliphatic heterocycles. The minimum absolute atomic E-state index is 0.259. The van der Waals surface area contributed by atoms with Gasteiger partial charge in [-0.15, -0.1) is 0 Å². The number of hydrogen-bond acceptors (Lipinski definition) is 2. The average Bonchev–Trinajstić information content (AvgIpc) is 3.31. The number of benzene rings is 5. The number of rotatable bonds is 2. The summed E-state index contributed by atoms with van der Waals surface area (Å²) in [6, 6.07) is 36.5. The van der Waals surface area contributed by atoms with Gasteiger partial charge in [-0.1, -0.05) is 116 Å². The molecule has 0 spiro atoms. The van der Waals surface area contributed by atoms with Gasteiger partial charge in [0.2, 0.25) is 0 Å². The Labute approximate surface area is 220 Å². The molecule has 0 saturated carbocycles. The Hall–Kier alpha value is -3.85. The number of halogens is 1. The summed E-state index contributed by atoms with van der Waals surface area (Å²) in [4.78, 5) is 0. The second-order valence-corrected chi connectivity index (χ2v) is 10.8. The van der Waals surface area contributed by atoms with Crippen LogP contribution in [0.25, 0.3) is 33.1 Å². The zero-order valence-electron chi connectivity index (χ0n) is 20.6. The van der Waals surface area contributed by atoms with E-state index in [1.54, 1.807) is 0 Å². The normalized spacial score (nSPS) is 15.5. The zero-order valence-corrected chi connectivity index (χ0v) is 21.4. The van der Waals surface area contributed by atoms with Crippen LogP contribution in [0.15, 0.2) is 114 Å². The van der Waals surface area contributed by atoms with Gasteiger partial charge in [-0.25, -0.2) is 0 Å². The Morgan fingerprint density at radius 1 is 0.595 bits per heavy atom. The molecular formula is C34H25ClO2. The van der Waals surface area contributed by atoms with Gasteiger partial charge in [0, 0.05) is 32.3 Å². The van der Waals surface area contributed by atoms with Gasteiger partial charge >= 0.3 is 0 Å². The van der Waals surface area contributed by atoms with Crippen LogP contribution in [-0.4, -0.2) is 5.11 Å². The van der Waals surface area contributed by atoms with Crippen molar-refractivity contribution < 1.29 is 9.52 Å². The van der Waals surface area contributed by atoms with E-state index in [0.717, 1.165) is 60.9 Å². The number of furan rings is 1. The molecule has 1 aromatic heterocycles. The van der Waals surface area contributed by atoms with Crippen molar-refractivity contribution in [2.45, 2.75) is 24.9 Å². The SMILES string of the molecule is CC1(C)c2ccccc2C(O)(c2ccc(Cl)cc2-c2cccc3c2oc2ccccc23)c2ccccc21. The summed E-state index contributed by atoms with van der Waals surface area (Å²) in [5.41, 5.74) is 6.51. The largest absolute Gasteiger partial charge is 0.455 e. The van der Waals surface area contributed by atoms with Crippen LogP contribution in [0.2, 0.25) is 5.02 Å². The van der Waals surface area contributed by atoms with Gasteiger partial charge in [0.1, 0.15) is 16.8 Å². The first-order valence-corrected chi connectivity index (χ1v) is 12.9. The summed E-state index contributed by atoms with van der Waals surface area (Å²) < 4.78 is 6.40. The Morgan fingerprint density at radius 2 is 1.19 bits per heavy atom. The summed E-state index contributed by atoms with van der Waals surface area (Å²) in [5.74, 6) is 0. The fraction of sp³-hybridized carbons (Fsp3) is 0.118. The molecule has 0 bridgehead atoms. The molecule has 180 valence electrons. The molecule has 0 amide bonds. The highest BCUT2D eigenvalue weighted by Gasteiger charge is 2.47. The van der Waals surface area contributed by atoms with Crippen LogP contribution in [0.4, 0.5) is 0 Å². The highest BCUT2D eigenvalue weighted by Crippen LogP contribution is 2.53. The van der Waals surface area contributed by atoms with E-state index in [4.69, 9.17) is 16.0 Å². The van der Waals surface area contributed by atoms with Gasteiger partial charge in [0.25, 0.3) is 0 Å². The first-order valence-electron chi connectivity index (χ1n) is 12.5. The smallest absolute Gasteiger partial charge is 0.143 e. The molecule has 1 N–H and O–H groups in total. The Bertz CT molecular complexity index is 1790. The van der Waals surface area contributed by atoms with Crippen LogP contribution in [0.1, 0.15) is 41.7 Å². The lowest BCUT2D eigenvalue weighted by Gasteiger charge is -2.45. The van der Waals surface area contributed by atoms with Crippen LogP contribution in [0.3, 0.4) is 0 Å². The number of hydrogen-bond donors (Lipinski definition) is 1. The Morgan fingerprint density at radius 3 is 1.89 bits per heavy atom. The second kappa shape index (κ2) is 7.82. The summed E-state index contributed by atoms with van der Waals surface area (Å²) in [7, 11) is 0. The first kappa shape index (κ1) is 22.4. The van der Waals surface area contributed by atoms with Crippen LogP contribution in [0.5, 0.6) is 0 Å². The summed E-state index contributed by atoms with van der Waals surface area (Å²) in [6.07, 6.45) is 0. The highest BCUT2D eigenvalue weighted by atomic mass is 35.5. The molecule has 0 saturated heterocycles. The first-order chi connectivity index (χ1) is 17.9. The number of aliphatic hydroxyl groups is 1. The lowest BCUT2D eigenvalue weighted by Crippen LogP contribution is -2.41. The summed E-state index contributed by atoms with van der Waals surface area (Å²) >= 11 is 6.61. The van der Waals surface area contributed by atoms with Gasteiger partial charge < -0.3 is 9.52 Å². The van der Waals surface area contributed by atoms with Crippen molar-refractivity contribution in [1.29, 1.82) is 0 Å². The maximum atomic E-state index is 13.0. The standard InChI is InChI=1S/C34H25ClO2/c1-33(2)27-13-4-6-15-29(27)34(36,30-16-7-5-14-28(30)33)26-19-18-21(35)20-25(26)24-12-9-11-23-22-10-3-8-17-31(22)37-32(23)24/h3-20,36H,1-2H3. The second-order valence-electron chi connectivity index (χ2n) is 10.4. The quantitative estimate of drug-likeness (QED) is 0.257. The van der Waals surface area contributed by atoms with Crippen LogP contribution in [0, 0.1) is 0 Å². The molecule has 7 rings (SSSR count). The number of para-hydroxylation sites is 2. The predicted molar refractivity (Wildman–Crippen MR) is 151 cm³/mol. The lowest BCUT2D eigenvalue weighted by atomic mass is 9.61. The molecule has 0 unspecified atom stereocenters. The molecule has 1 aliphatic carbocycles. The van der Waals surface area contributed by atoms with Gasteiger partial charge in [-0.3, -0.25) is 0 Å². The summed E-state index contributed by atoms with van der Waals surface area (Å²) in [5, 5.41) is 15.7. The van der Waals surface area contributed by atoms with Gasteiger partial charge in [-0.2, -0.15) is 0 Å². The van der Waals surface area contributed by atoms with E-state index in [9.17, 15) is 5.11 Å². The fourth-order valence-electron chi connectivity index (χ4n) is 6.28. The molecule has 0 atom stereocenters. The molecule has 6 aromatic rings. The monoisotopic (exact) mass is 500 g/mol. The molecule has 1 aliphatic rings. The Kier molecular flexibility index (Phi) is 4.73. The molecule has 0 fully saturated rings. The molecule has 1 heterocycles.